The van der Waals surface area contributed by atoms with Gasteiger partial charge >= 0.3 is 0 Å². The predicted molar refractivity (Wildman–Crippen MR) is 78.5 cm³/mol. The van der Waals surface area contributed by atoms with E-state index in [1.54, 1.807) is 0 Å². The Balaban J connectivity index is 1.98. The molecule has 0 aromatic carbocycles. The van der Waals surface area contributed by atoms with Crippen LogP contribution in [0.5, 0.6) is 0 Å². The van der Waals surface area contributed by atoms with Crippen molar-refractivity contribution in [1.29, 1.82) is 0 Å². The van der Waals surface area contributed by atoms with Crippen molar-refractivity contribution in [2.24, 2.45) is 5.92 Å². The topological polar surface area (TPSA) is 52.2 Å². The molecule has 1 aromatic rings. The highest BCUT2D eigenvalue weighted by atomic mass is 32.2. The molecule has 2 rings (SSSR count). The second-order valence-electron chi connectivity index (χ2n) is 5.33. The van der Waals surface area contributed by atoms with E-state index in [-0.39, 0.29) is 10.5 Å². The summed E-state index contributed by atoms with van der Waals surface area (Å²) in [6, 6.07) is 2.11. The quantitative estimate of drug-likeness (QED) is 0.836. The molecule has 0 radical (unpaired) electrons. The molecule has 1 aliphatic carbocycles. The largest absolute Gasteiger partial charge is 0.530 e. The highest BCUT2D eigenvalue weighted by Crippen LogP contribution is 2.37. The second kappa shape index (κ2) is 6.94. The maximum absolute atomic E-state index is 10.8. The number of amides is 1. The third-order valence-corrected chi connectivity index (χ3v) is 6.04. The second-order valence-corrected chi connectivity index (χ2v) is 7.45. The molecular formula is C15H23NO2S. The Kier molecular flexibility index (Phi) is 5.25. The maximum atomic E-state index is 10.8. The molecule has 3 nitrogen and oxygen atoms in total. The average Bonchev–Trinajstić information content (AvgIpc) is 2.79. The molecule has 1 heterocycles. The van der Waals surface area contributed by atoms with Gasteiger partial charge in [0.05, 0.1) is 0 Å². The summed E-state index contributed by atoms with van der Waals surface area (Å²) in [6.07, 6.45) is 7.82. The number of nitrogens with one attached hydrogen (secondary N) is 1. The molecule has 0 saturated heterocycles. The van der Waals surface area contributed by atoms with Crippen LogP contribution in [0.3, 0.4) is 0 Å². The Bertz CT molecular complexity index is 422. The van der Waals surface area contributed by atoms with Crippen LogP contribution in [0.1, 0.15) is 51.0 Å². The minimum Gasteiger partial charge on any atom is -0.530 e. The van der Waals surface area contributed by atoms with Crippen molar-refractivity contribution in [3.05, 3.63) is 17.0 Å². The van der Waals surface area contributed by atoms with Gasteiger partial charge in [0, 0.05) is 22.1 Å². The summed E-state index contributed by atoms with van der Waals surface area (Å²) in [6.45, 7) is 2.09. The Hall–Kier alpha value is -1.03. The fraction of sp³-hybridized carbons (Fsp3) is 0.667. The highest BCUT2D eigenvalue weighted by molar-refractivity contribution is 7.33. The van der Waals surface area contributed by atoms with Crippen LogP contribution in [0.15, 0.2) is 11.4 Å². The van der Waals surface area contributed by atoms with E-state index >= 15 is 0 Å². The molecule has 19 heavy (non-hydrogen) atoms. The number of aryl methyl sites for hydroxylation is 2. The van der Waals surface area contributed by atoms with Crippen molar-refractivity contribution in [2.45, 2.75) is 57.6 Å². The molecule has 1 aliphatic rings. The molecule has 1 unspecified atom stereocenters. The van der Waals surface area contributed by atoms with Gasteiger partial charge in [0.2, 0.25) is 5.00 Å². The lowest BCUT2D eigenvalue weighted by molar-refractivity contribution is -0.242. The summed E-state index contributed by atoms with van der Waals surface area (Å²) in [5.41, 5.74) is 1.18. The number of anilines is 1. The van der Waals surface area contributed by atoms with Gasteiger partial charge in [-0.1, -0.05) is 32.1 Å². The predicted octanol–water partition coefficient (Wildman–Crippen LogP) is 3.72. The molecule has 0 aliphatic heterocycles. The third kappa shape index (κ3) is 3.96. The summed E-state index contributed by atoms with van der Waals surface area (Å²) in [7, 11) is -0.0620. The molecule has 1 saturated carbocycles. The van der Waals surface area contributed by atoms with E-state index in [9.17, 15) is 9.90 Å². The molecule has 1 fully saturated rings. The first kappa shape index (κ1) is 14.4. The van der Waals surface area contributed by atoms with E-state index in [4.69, 9.17) is 0 Å². The van der Waals surface area contributed by atoms with Crippen molar-refractivity contribution in [3.8, 4) is 0 Å². The summed E-state index contributed by atoms with van der Waals surface area (Å²) in [5.74, 6) is 1.79. The van der Waals surface area contributed by atoms with Gasteiger partial charge in [0.15, 0.2) is 0 Å². The first-order chi connectivity index (χ1) is 9.20. The van der Waals surface area contributed by atoms with E-state index in [0.29, 0.717) is 0 Å². The Labute approximate surface area is 118 Å². The Morgan fingerprint density at radius 3 is 2.79 bits per heavy atom. The summed E-state index contributed by atoms with van der Waals surface area (Å²) in [4.78, 5) is 10.8. The van der Waals surface area contributed by atoms with Crippen molar-refractivity contribution in [3.63, 3.8) is 0 Å². The molecule has 1 N–H and O–H groups in total. The van der Waals surface area contributed by atoms with Gasteiger partial charge in [-0.05, 0) is 25.7 Å². The minimum atomic E-state index is -1.18. The zero-order chi connectivity index (χ0) is 13.7. The number of hydrogen-bond acceptors (Lipinski definition) is 2. The van der Waals surface area contributed by atoms with Gasteiger partial charge < -0.3 is 9.90 Å². The van der Waals surface area contributed by atoms with Gasteiger partial charge in [-0.15, -0.1) is 0 Å². The van der Waals surface area contributed by atoms with E-state index in [1.165, 1.54) is 44.1 Å². The fourth-order valence-corrected chi connectivity index (χ4v) is 4.65. The zero-order valence-electron chi connectivity index (χ0n) is 11.6. The SMILES string of the molecule is CC[s+]1ccc(CCC2CCCCC2)c1NC(=O)[O-]. The molecule has 0 bridgehead atoms. The normalized spacial score (nSPS) is 17.4. The van der Waals surface area contributed by atoms with Crippen molar-refractivity contribution in [1.82, 2.24) is 0 Å². The number of rotatable bonds is 5. The number of carbonyl (C=O) groups is 1. The number of carboxylic acid groups (broad SMARTS) is 1. The monoisotopic (exact) mass is 281 g/mol. The first-order valence-electron chi connectivity index (χ1n) is 7.29. The Morgan fingerprint density at radius 2 is 2.16 bits per heavy atom. The van der Waals surface area contributed by atoms with Gasteiger partial charge in [0.25, 0.3) is 0 Å². The summed E-state index contributed by atoms with van der Waals surface area (Å²) in [5, 5.41) is 16.3. The summed E-state index contributed by atoms with van der Waals surface area (Å²) < 4.78 is 0. The maximum Gasteiger partial charge on any atom is 0.248 e. The lowest BCUT2D eigenvalue weighted by Crippen LogP contribution is -2.29. The van der Waals surface area contributed by atoms with Crippen LogP contribution in [-0.4, -0.2) is 6.09 Å². The zero-order valence-corrected chi connectivity index (χ0v) is 12.4. The minimum absolute atomic E-state index is 0.0620. The number of thiophene rings is 1. The highest BCUT2D eigenvalue weighted by Gasteiger charge is 2.20. The van der Waals surface area contributed by atoms with Crippen molar-refractivity contribution in [2.75, 3.05) is 5.32 Å². The van der Waals surface area contributed by atoms with Crippen LogP contribution in [0.2, 0.25) is 0 Å². The van der Waals surface area contributed by atoms with E-state index in [2.05, 4.69) is 23.7 Å². The van der Waals surface area contributed by atoms with Gasteiger partial charge in [-0.25, -0.2) is 0 Å². The van der Waals surface area contributed by atoms with E-state index in [0.717, 1.165) is 23.1 Å². The molecule has 0 spiro atoms. The fourth-order valence-electron chi connectivity index (χ4n) is 2.99. The van der Waals surface area contributed by atoms with Gasteiger partial charge in [0.1, 0.15) is 17.2 Å². The first-order valence-corrected chi connectivity index (χ1v) is 8.75. The van der Waals surface area contributed by atoms with Gasteiger partial charge in [-0.3, -0.25) is 5.32 Å². The van der Waals surface area contributed by atoms with Gasteiger partial charge in [-0.2, -0.15) is 0 Å². The van der Waals surface area contributed by atoms with Crippen LogP contribution >= 0.6 is 10.5 Å². The standard InChI is InChI=1S/C15H23NO2S/c1-2-19-11-10-13(14(19)16-15(17)18)9-8-12-6-4-3-5-7-12/h10-12,16H,2-9H2,1H3. The van der Waals surface area contributed by atoms with Crippen LogP contribution in [0.25, 0.3) is 0 Å². The van der Waals surface area contributed by atoms with Crippen molar-refractivity contribution >= 4 is 21.6 Å². The van der Waals surface area contributed by atoms with E-state index < -0.39 is 6.09 Å². The lowest BCUT2D eigenvalue weighted by Gasteiger charge is -2.21. The smallest absolute Gasteiger partial charge is 0.248 e. The van der Waals surface area contributed by atoms with Crippen LogP contribution in [-0.2, 0) is 12.2 Å². The number of carbonyl (C=O) groups excluding carboxylic acids is 1. The third-order valence-electron chi connectivity index (χ3n) is 4.06. The van der Waals surface area contributed by atoms with Crippen LogP contribution in [0, 0.1) is 5.92 Å². The molecule has 1 amide bonds. The average molecular weight is 281 g/mol. The molecule has 1 aromatic heterocycles. The van der Waals surface area contributed by atoms with Crippen LogP contribution in [0.4, 0.5) is 9.80 Å². The molecule has 1 atom stereocenters. The molecule has 106 valence electrons. The van der Waals surface area contributed by atoms with E-state index in [1.807, 2.05) is 0 Å². The summed E-state index contributed by atoms with van der Waals surface area (Å²) >= 11 is 0. The van der Waals surface area contributed by atoms with Crippen LogP contribution < -0.4 is 10.4 Å². The number of hydrogen-bond donors (Lipinski definition) is 1. The lowest BCUT2D eigenvalue weighted by atomic mass is 9.85. The Morgan fingerprint density at radius 1 is 1.42 bits per heavy atom. The molecular weight excluding hydrogens is 258 g/mol. The molecule has 4 heteroatoms. The van der Waals surface area contributed by atoms with Crippen molar-refractivity contribution < 1.29 is 9.90 Å².